The molecule has 94 valence electrons. The Kier molecular flexibility index (Phi) is 3.43. The summed E-state index contributed by atoms with van der Waals surface area (Å²) in [5, 5.41) is 9.86. The molecular formula is C13H14N2O3. The molecule has 18 heavy (non-hydrogen) atoms. The van der Waals surface area contributed by atoms with Crippen molar-refractivity contribution in [1.29, 1.82) is 0 Å². The Morgan fingerprint density at radius 1 is 1.44 bits per heavy atom. The van der Waals surface area contributed by atoms with Crippen molar-refractivity contribution in [3.05, 3.63) is 46.0 Å². The first-order chi connectivity index (χ1) is 8.61. The predicted octanol–water partition coefficient (Wildman–Crippen LogP) is 1.60. The maximum Gasteiger partial charge on any atom is 0.262 e. The van der Waals surface area contributed by atoms with Crippen molar-refractivity contribution in [1.82, 2.24) is 9.97 Å². The molecule has 0 unspecified atom stereocenters. The summed E-state index contributed by atoms with van der Waals surface area (Å²) >= 11 is 0. The molecule has 5 nitrogen and oxygen atoms in total. The monoisotopic (exact) mass is 246 g/mol. The first kappa shape index (κ1) is 12.3. The minimum Gasteiger partial charge on any atom is -0.493 e. The van der Waals surface area contributed by atoms with Gasteiger partial charge >= 0.3 is 0 Å². The largest absolute Gasteiger partial charge is 0.493 e. The highest BCUT2D eigenvalue weighted by Crippen LogP contribution is 2.23. The molecule has 2 rings (SSSR count). The van der Waals surface area contributed by atoms with E-state index in [1.54, 1.807) is 6.07 Å². The Hall–Kier alpha value is -2.14. The van der Waals surface area contributed by atoms with Gasteiger partial charge in [-0.1, -0.05) is 29.8 Å². The Bertz CT molecular complexity index is 620. The van der Waals surface area contributed by atoms with Gasteiger partial charge in [0.2, 0.25) is 5.88 Å². The summed E-state index contributed by atoms with van der Waals surface area (Å²) in [5.74, 6) is 0.0211. The number of aromatic hydroxyl groups is 1. The number of H-pyrrole nitrogens is 1. The zero-order valence-corrected chi connectivity index (χ0v) is 10.2. The summed E-state index contributed by atoms with van der Waals surface area (Å²) in [6.07, 6.45) is 0. The van der Waals surface area contributed by atoms with E-state index in [2.05, 4.69) is 9.97 Å². The molecule has 5 heteroatoms. The Balaban J connectivity index is 2.55. The van der Waals surface area contributed by atoms with E-state index in [9.17, 15) is 9.90 Å². The fourth-order valence-electron chi connectivity index (χ4n) is 1.77. The molecule has 1 aromatic carbocycles. The molecule has 1 heterocycles. The van der Waals surface area contributed by atoms with Crippen LogP contribution in [0.3, 0.4) is 0 Å². The van der Waals surface area contributed by atoms with Crippen molar-refractivity contribution < 1.29 is 9.84 Å². The quantitative estimate of drug-likeness (QED) is 0.862. The van der Waals surface area contributed by atoms with Crippen LogP contribution in [0.2, 0.25) is 0 Å². The summed E-state index contributed by atoms with van der Waals surface area (Å²) in [6.45, 7) is 2.07. The number of methoxy groups -OCH3 is 1. The van der Waals surface area contributed by atoms with Gasteiger partial charge in [-0.05, 0) is 12.5 Å². The number of aromatic nitrogens is 2. The number of hydrogen-bond acceptors (Lipinski definition) is 4. The molecule has 2 N–H and O–H groups in total. The van der Waals surface area contributed by atoms with Gasteiger partial charge < -0.3 is 14.8 Å². The van der Waals surface area contributed by atoms with E-state index in [0.717, 1.165) is 5.56 Å². The lowest BCUT2D eigenvalue weighted by molar-refractivity contribution is 0.176. The summed E-state index contributed by atoms with van der Waals surface area (Å²) in [7, 11) is 1.49. The molecule has 1 aromatic heterocycles. The van der Waals surface area contributed by atoms with Crippen molar-refractivity contribution in [2.45, 2.75) is 13.5 Å². The second-order valence-electron chi connectivity index (χ2n) is 4.01. The van der Waals surface area contributed by atoms with Gasteiger partial charge in [-0.25, -0.2) is 0 Å². The van der Waals surface area contributed by atoms with Gasteiger partial charge in [0, 0.05) is 7.11 Å². The van der Waals surface area contributed by atoms with Crippen LogP contribution in [0.5, 0.6) is 5.88 Å². The van der Waals surface area contributed by atoms with E-state index < -0.39 is 0 Å². The highest BCUT2D eigenvalue weighted by Gasteiger charge is 2.12. The Morgan fingerprint density at radius 3 is 2.83 bits per heavy atom. The molecule has 0 atom stereocenters. The van der Waals surface area contributed by atoms with E-state index in [1.807, 2.05) is 25.1 Å². The highest BCUT2D eigenvalue weighted by atomic mass is 16.5. The van der Waals surface area contributed by atoms with Crippen LogP contribution in [0.1, 0.15) is 11.4 Å². The first-order valence-corrected chi connectivity index (χ1v) is 5.50. The molecule has 0 saturated carbocycles. The summed E-state index contributed by atoms with van der Waals surface area (Å²) in [6, 6.07) is 7.32. The highest BCUT2D eigenvalue weighted by molar-refractivity contribution is 5.67. The van der Waals surface area contributed by atoms with Crippen LogP contribution in [0.25, 0.3) is 11.1 Å². The summed E-state index contributed by atoms with van der Waals surface area (Å²) < 4.78 is 4.86. The van der Waals surface area contributed by atoms with Crippen LogP contribution in [0.15, 0.2) is 29.1 Å². The van der Waals surface area contributed by atoms with E-state index in [1.165, 1.54) is 7.11 Å². The molecule has 0 aliphatic carbocycles. The zero-order chi connectivity index (χ0) is 13.1. The van der Waals surface area contributed by atoms with Gasteiger partial charge in [0.05, 0.1) is 0 Å². The van der Waals surface area contributed by atoms with Crippen LogP contribution in [0.4, 0.5) is 0 Å². The van der Waals surface area contributed by atoms with E-state index >= 15 is 0 Å². The minimum atomic E-state index is -0.375. The van der Waals surface area contributed by atoms with Gasteiger partial charge in [0.25, 0.3) is 5.56 Å². The fourth-order valence-corrected chi connectivity index (χ4v) is 1.77. The topological polar surface area (TPSA) is 75.2 Å². The number of rotatable bonds is 3. The molecule has 0 fully saturated rings. The molecule has 0 amide bonds. The lowest BCUT2D eigenvalue weighted by atomic mass is 10.1. The lowest BCUT2D eigenvalue weighted by Gasteiger charge is -2.06. The van der Waals surface area contributed by atoms with Crippen LogP contribution >= 0.6 is 0 Å². The van der Waals surface area contributed by atoms with Gasteiger partial charge in [-0.3, -0.25) is 4.79 Å². The molecule has 0 spiro atoms. The van der Waals surface area contributed by atoms with Crippen LogP contribution in [0, 0.1) is 6.92 Å². The van der Waals surface area contributed by atoms with Crippen molar-refractivity contribution in [2.24, 2.45) is 0 Å². The minimum absolute atomic E-state index is 0.150. The number of aryl methyl sites for hydroxylation is 1. The van der Waals surface area contributed by atoms with E-state index in [4.69, 9.17) is 4.74 Å². The van der Waals surface area contributed by atoms with Gasteiger partial charge in [-0.2, -0.15) is 4.98 Å². The van der Waals surface area contributed by atoms with Crippen molar-refractivity contribution in [3.8, 4) is 17.0 Å². The fraction of sp³-hybridized carbons (Fsp3) is 0.231. The lowest BCUT2D eigenvalue weighted by Crippen LogP contribution is -2.14. The predicted molar refractivity (Wildman–Crippen MR) is 67.4 cm³/mol. The van der Waals surface area contributed by atoms with Crippen LogP contribution in [-0.2, 0) is 11.3 Å². The maximum atomic E-state index is 11.9. The molecule has 2 aromatic rings. The van der Waals surface area contributed by atoms with E-state index in [-0.39, 0.29) is 23.6 Å². The molecule has 0 bridgehead atoms. The van der Waals surface area contributed by atoms with Crippen molar-refractivity contribution >= 4 is 0 Å². The summed E-state index contributed by atoms with van der Waals surface area (Å²) in [5.41, 5.74) is 1.45. The number of hydrogen-bond donors (Lipinski definition) is 2. The standard InChI is InChI=1S/C13H14N2O3/c1-8-4-3-5-9(6-8)11-12(16)14-10(7-18-2)15-13(11)17/h3-6H,7H2,1-2H3,(H2,14,15,16,17). The number of nitrogens with one attached hydrogen (secondary N) is 1. The average Bonchev–Trinajstić information content (AvgIpc) is 2.28. The van der Waals surface area contributed by atoms with E-state index in [0.29, 0.717) is 11.4 Å². The third kappa shape index (κ3) is 2.41. The summed E-state index contributed by atoms with van der Waals surface area (Å²) in [4.78, 5) is 18.4. The van der Waals surface area contributed by atoms with Crippen molar-refractivity contribution in [2.75, 3.05) is 7.11 Å². The van der Waals surface area contributed by atoms with Crippen molar-refractivity contribution in [3.63, 3.8) is 0 Å². The molecule has 0 aliphatic rings. The molecule has 0 saturated heterocycles. The van der Waals surface area contributed by atoms with Gasteiger partial charge in [-0.15, -0.1) is 0 Å². The molecule has 0 aliphatic heterocycles. The second kappa shape index (κ2) is 5.01. The third-order valence-corrected chi connectivity index (χ3v) is 2.54. The number of aromatic amines is 1. The normalized spacial score (nSPS) is 10.6. The molecular weight excluding hydrogens is 232 g/mol. The third-order valence-electron chi connectivity index (χ3n) is 2.54. The number of ether oxygens (including phenoxy) is 1. The number of nitrogens with zero attached hydrogens (tertiary/aromatic N) is 1. The molecule has 0 radical (unpaired) electrons. The Morgan fingerprint density at radius 2 is 2.22 bits per heavy atom. The van der Waals surface area contributed by atoms with Crippen LogP contribution < -0.4 is 5.56 Å². The number of benzene rings is 1. The smallest absolute Gasteiger partial charge is 0.262 e. The van der Waals surface area contributed by atoms with Crippen LogP contribution in [-0.4, -0.2) is 22.2 Å². The van der Waals surface area contributed by atoms with Gasteiger partial charge in [0.1, 0.15) is 18.0 Å². The average molecular weight is 246 g/mol. The first-order valence-electron chi connectivity index (χ1n) is 5.50. The second-order valence-corrected chi connectivity index (χ2v) is 4.01. The van der Waals surface area contributed by atoms with Gasteiger partial charge in [0.15, 0.2) is 0 Å². The Labute approximate surface area is 104 Å². The zero-order valence-electron chi connectivity index (χ0n) is 10.2. The SMILES string of the molecule is COCc1nc(O)c(-c2cccc(C)c2)c(=O)[nH]1. The maximum absolute atomic E-state index is 11.9.